The Morgan fingerprint density at radius 3 is 2.39 bits per heavy atom. The van der Waals surface area contributed by atoms with Gasteiger partial charge in [0.1, 0.15) is 29.3 Å². The maximum absolute atomic E-state index is 14.8. The van der Waals surface area contributed by atoms with E-state index in [0.29, 0.717) is 50.3 Å². The van der Waals surface area contributed by atoms with Crippen LogP contribution in [0.1, 0.15) is 34.8 Å². The average Bonchev–Trinajstić information content (AvgIpc) is 2.94. The molecule has 4 rings (SSSR count). The number of aryl methyl sites for hydroxylation is 1. The monoisotopic (exact) mass is 636 g/mol. The molecule has 8 nitrogen and oxygen atoms in total. The highest BCUT2D eigenvalue weighted by atomic mass is 35.5. The first kappa shape index (κ1) is 32.4. The van der Waals surface area contributed by atoms with Gasteiger partial charge in [0.05, 0.1) is 16.1 Å². The molecule has 0 saturated carbocycles. The van der Waals surface area contributed by atoms with E-state index >= 15 is 0 Å². The fourth-order valence-electron chi connectivity index (χ4n) is 4.85. The minimum atomic E-state index is -4.69. The Morgan fingerprint density at radius 1 is 1.14 bits per heavy atom. The summed E-state index contributed by atoms with van der Waals surface area (Å²) in [6.07, 6.45) is -2.49. The third-order valence-electron chi connectivity index (χ3n) is 7.14. The minimum absolute atomic E-state index is 0.294. The molecule has 3 N–H and O–H groups in total. The molecule has 0 aliphatic carbocycles. The summed E-state index contributed by atoms with van der Waals surface area (Å²) in [4.78, 5) is 42.4. The van der Waals surface area contributed by atoms with Gasteiger partial charge in [-0.05, 0) is 42.7 Å². The number of fused-ring (bicyclic) bond motifs is 1. The summed E-state index contributed by atoms with van der Waals surface area (Å²) >= 11 is 6.32. The molecule has 44 heavy (non-hydrogen) atoms. The van der Waals surface area contributed by atoms with Crippen LogP contribution in [0.5, 0.6) is 0 Å². The molecule has 0 saturated heterocycles. The molecule has 4 aromatic rings. The van der Waals surface area contributed by atoms with Crippen molar-refractivity contribution in [3.05, 3.63) is 92.5 Å². The molecular weight excluding hydrogens is 611 g/mol. The zero-order valence-electron chi connectivity index (χ0n) is 23.5. The van der Waals surface area contributed by atoms with Crippen LogP contribution in [0, 0.1) is 18.6 Å². The Morgan fingerprint density at radius 2 is 1.80 bits per heavy atom. The molecule has 0 bridgehead atoms. The Bertz CT molecular complexity index is 1800. The third kappa shape index (κ3) is 6.52. The van der Waals surface area contributed by atoms with Crippen LogP contribution in [-0.4, -0.2) is 44.8 Å². The van der Waals surface area contributed by atoms with E-state index in [1.165, 1.54) is 23.9 Å². The van der Waals surface area contributed by atoms with Gasteiger partial charge in [-0.2, -0.15) is 13.2 Å². The van der Waals surface area contributed by atoms with Crippen LogP contribution in [0.2, 0.25) is 5.02 Å². The van der Waals surface area contributed by atoms with Gasteiger partial charge in [-0.3, -0.25) is 14.6 Å². The Balaban J connectivity index is 1.66. The summed E-state index contributed by atoms with van der Waals surface area (Å²) in [6, 6.07) is 3.65. The lowest BCUT2D eigenvalue weighted by Gasteiger charge is -2.22. The number of pyridine rings is 2. The van der Waals surface area contributed by atoms with Crippen LogP contribution < -0.4 is 16.2 Å². The first-order chi connectivity index (χ1) is 20.6. The van der Waals surface area contributed by atoms with E-state index in [4.69, 9.17) is 11.6 Å². The van der Waals surface area contributed by atoms with Crippen molar-refractivity contribution in [2.75, 3.05) is 5.32 Å². The van der Waals surface area contributed by atoms with Crippen molar-refractivity contribution in [1.29, 1.82) is 0 Å². The van der Waals surface area contributed by atoms with Gasteiger partial charge < -0.3 is 20.3 Å². The second kappa shape index (κ2) is 12.6. The largest absolute Gasteiger partial charge is 0.480 e. The predicted molar refractivity (Wildman–Crippen MR) is 155 cm³/mol. The Kier molecular flexibility index (Phi) is 9.28. The summed E-state index contributed by atoms with van der Waals surface area (Å²) in [5.74, 6) is -5.90. The molecule has 232 valence electrons. The second-order valence-corrected chi connectivity index (χ2v) is 10.5. The topological polar surface area (TPSA) is 113 Å². The molecule has 2 aromatic carbocycles. The predicted octanol–water partition coefficient (Wildman–Crippen LogP) is 6.02. The number of anilines is 1. The Hall–Kier alpha value is -4.52. The van der Waals surface area contributed by atoms with Crippen LogP contribution in [0.3, 0.4) is 0 Å². The normalized spacial score (nSPS) is 13.0. The number of aromatic nitrogens is 2. The molecule has 0 aliphatic rings. The van der Waals surface area contributed by atoms with Gasteiger partial charge in [-0.25, -0.2) is 13.6 Å². The highest BCUT2D eigenvalue weighted by Gasteiger charge is 2.38. The lowest BCUT2D eigenvalue weighted by molar-refractivity contribution is -0.143. The number of alkyl halides is 3. The third-order valence-corrected chi connectivity index (χ3v) is 7.53. The van der Waals surface area contributed by atoms with Crippen LogP contribution in [0.15, 0.2) is 53.6 Å². The van der Waals surface area contributed by atoms with Gasteiger partial charge in [-0.1, -0.05) is 36.7 Å². The molecular formula is C30H26ClF5N4O4. The molecule has 2 aromatic heterocycles. The maximum atomic E-state index is 14.8. The summed E-state index contributed by atoms with van der Waals surface area (Å²) < 4.78 is 70.2. The van der Waals surface area contributed by atoms with E-state index in [-0.39, 0.29) is 12.0 Å². The molecule has 2 heterocycles. The summed E-state index contributed by atoms with van der Waals surface area (Å²) in [5.41, 5.74) is -0.0468. The van der Waals surface area contributed by atoms with Crippen molar-refractivity contribution in [3.8, 4) is 11.1 Å². The second-order valence-electron chi connectivity index (χ2n) is 10.1. The zero-order valence-corrected chi connectivity index (χ0v) is 24.3. The van der Waals surface area contributed by atoms with Gasteiger partial charge in [0.2, 0.25) is 0 Å². The van der Waals surface area contributed by atoms with Crippen LogP contribution in [0.25, 0.3) is 22.0 Å². The van der Waals surface area contributed by atoms with Gasteiger partial charge in [0.15, 0.2) is 0 Å². The van der Waals surface area contributed by atoms with E-state index < -0.39 is 59.4 Å². The quantitative estimate of drug-likeness (QED) is 0.194. The number of benzene rings is 2. The molecule has 0 fully saturated rings. The lowest BCUT2D eigenvalue weighted by atomic mass is 9.94. The van der Waals surface area contributed by atoms with Crippen molar-refractivity contribution in [2.24, 2.45) is 7.05 Å². The van der Waals surface area contributed by atoms with Crippen molar-refractivity contribution in [1.82, 2.24) is 14.9 Å². The smallest absolute Gasteiger partial charge is 0.408 e. The molecule has 0 spiro atoms. The number of rotatable bonds is 9. The van der Waals surface area contributed by atoms with Gasteiger partial charge in [0.25, 0.3) is 11.5 Å². The van der Waals surface area contributed by atoms with E-state index in [1.54, 1.807) is 38.2 Å². The summed E-state index contributed by atoms with van der Waals surface area (Å²) in [6.45, 7) is 2.91. The number of amides is 1. The number of carbonyl (C=O) groups excluding carboxylic acids is 1. The van der Waals surface area contributed by atoms with Crippen LogP contribution in [-0.2, 0) is 18.3 Å². The van der Waals surface area contributed by atoms with E-state index in [9.17, 15) is 41.4 Å². The number of carbonyl (C=O) groups is 2. The van der Waals surface area contributed by atoms with E-state index in [1.807, 2.05) is 5.32 Å². The molecule has 2 atom stereocenters. The fourth-order valence-corrected chi connectivity index (χ4v) is 5.09. The van der Waals surface area contributed by atoms with Crippen molar-refractivity contribution in [3.63, 3.8) is 0 Å². The highest BCUT2D eigenvalue weighted by molar-refractivity contribution is 6.31. The standard InChI is InChI=1S/C30H26ClF5N4O4/c1-4-23(30(34,35)36)38-16-11-20(32)25(21(33)12-16)27(41)39-22(29(43)44)10-15-7-8-18(26-17(15)6-5-9-37-26)24-14(2)19(31)13-40(3)28(24)42/h5-9,11-13,22-23,38H,4,10H2,1-3H3,(H,39,41)(H,43,44)/t22-,23+/m0/s1. The number of aliphatic carboxylic acids is 1. The molecule has 0 unspecified atom stereocenters. The van der Waals surface area contributed by atoms with Gasteiger partial charge in [0, 0.05) is 42.5 Å². The number of carboxylic acids is 1. The van der Waals surface area contributed by atoms with Crippen molar-refractivity contribution in [2.45, 2.75) is 44.9 Å². The number of nitrogens with one attached hydrogen (secondary N) is 2. The van der Waals surface area contributed by atoms with Crippen LogP contribution >= 0.6 is 11.6 Å². The zero-order chi connectivity index (χ0) is 32.5. The summed E-state index contributed by atoms with van der Waals surface area (Å²) in [7, 11) is 1.54. The number of halogens is 6. The summed E-state index contributed by atoms with van der Waals surface area (Å²) in [5, 5.41) is 14.7. The molecule has 14 heteroatoms. The van der Waals surface area contributed by atoms with Crippen molar-refractivity contribution >= 4 is 40.1 Å². The molecule has 0 aliphatic heterocycles. The number of hydrogen-bond acceptors (Lipinski definition) is 5. The van der Waals surface area contributed by atoms with E-state index in [2.05, 4.69) is 10.3 Å². The van der Waals surface area contributed by atoms with E-state index in [0.717, 1.165) is 0 Å². The van der Waals surface area contributed by atoms with Gasteiger partial charge in [-0.15, -0.1) is 0 Å². The van der Waals surface area contributed by atoms with Crippen LogP contribution in [0.4, 0.5) is 27.6 Å². The average molecular weight is 637 g/mol. The lowest BCUT2D eigenvalue weighted by Crippen LogP contribution is -2.43. The maximum Gasteiger partial charge on any atom is 0.408 e. The first-order valence-electron chi connectivity index (χ1n) is 13.2. The fraction of sp³-hybridized carbons (Fsp3) is 0.267. The Labute approximate surface area is 252 Å². The van der Waals surface area contributed by atoms with Crippen molar-refractivity contribution < 1.29 is 36.6 Å². The minimum Gasteiger partial charge on any atom is -0.480 e. The number of nitrogens with zero attached hydrogens (tertiary/aromatic N) is 2. The molecule has 0 radical (unpaired) electrons. The number of hydrogen-bond donors (Lipinski definition) is 3. The highest BCUT2D eigenvalue weighted by Crippen LogP contribution is 2.32. The van der Waals surface area contributed by atoms with Gasteiger partial charge >= 0.3 is 12.1 Å². The SMILES string of the molecule is CC[C@@H](Nc1cc(F)c(C(=O)N[C@@H](Cc2ccc(-c3c(C)c(Cl)cn(C)c3=O)c3ncccc23)C(=O)O)c(F)c1)C(F)(F)F. The first-order valence-corrected chi connectivity index (χ1v) is 13.6. The molecule has 1 amide bonds. The number of carboxylic acid groups (broad SMARTS) is 1.